The maximum absolute atomic E-state index is 12.2. The van der Waals surface area contributed by atoms with Crippen LogP contribution in [-0.2, 0) is 27.0 Å². The highest BCUT2D eigenvalue weighted by Gasteiger charge is 2.12. The van der Waals surface area contributed by atoms with Crippen LogP contribution in [0.5, 0.6) is 0 Å². The van der Waals surface area contributed by atoms with Crippen LogP contribution < -0.4 is 10.0 Å². The van der Waals surface area contributed by atoms with E-state index in [2.05, 4.69) is 16.6 Å². The molecule has 2 aromatic carbocycles. The van der Waals surface area contributed by atoms with Crippen molar-refractivity contribution in [3.63, 3.8) is 0 Å². The number of aryl methyl sites for hydroxylation is 1. The molecule has 7 heteroatoms. The Balaban J connectivity index is 1.84. The summed E-state index contributed by atoms with van der Waals surface area (Å²) in [6.45, 7) is 5.70. The van der Waals surface area contributed by atoms with Crippen LogP contribution in [0.25, 0.3) is 0 Å². The molecule has 0 radical (unpaired) electrons. The minimum Gasteiger partial charge on any atom is -0.326 e. The number of carbonyl (C=O) groups is 2. The van der Waals surface area contributed by atoms with Crippen molar-refractivity contribution < 1.29 is 18.0 Å². The van der Waals surface area contributed by atoms with Gasteiger partial charge in [-0.25, -0.2) is 13.1 Å². The Kier molecular flexibility index (Phi) is 8.30. The van der Waals surface area contributed by atoms with E-state index in [1.54, 1.807) is 36.4 Å². The van der Waals surface area contributed by atoms with Gasteiger partial charge in [-0.05, 0) is 29.7 Å². The number of Topliss-reactive ketones (excluding diaryl/α,β-unsaturated/α-hetero) is 1. The third-order valence-corrected chi connectivity index (χ3v) is 5.63. The molecule has 29 heavy (non-hydrogen) atoms. The zero-order valence-corrected chi connectivity index (χ0v) is 17.3. The van der Waals surface area contributed by atoms with Crippen LogP contribution >= 0.6 is 0 Å². The highest BCUT2D eigenvalue weighted by atomic mass is 32.2. The van der Waals surface area contributed by atoms with Crippen LogP contribution in [0, 0.1) is 0 Å². The van der Waals surface area contributed by atoms with Crippen LogP contribution in [-0.4, -0.2) is 26.7 Å². The lowest BCUT2D eigenvalue weighted by Gasteiger charge is -2.08. The van der Waals surface area contributed by atoms with Gasteiger partial charge in [0.2, 0.25) is 15.9 Å². The minimum absolute atomic E-state index is 0.0737. The maximum Gasteiger partial charge on any atom is 0.224 e. The fourth-order valence-corrected chi connectivity index (χ4v) is 3.77. The number of hydrogen-bond acceptors (Lipinski definition) is 4. The third-order valence-electron chi connectivity index (χ3n) is 4.31. The average Bonchev–Trinajstić information content (AvgIpc) is 2.72. The molecule has 0 unspecified atom stereocenters. The second-order valence-electron chi connectivity index (χ2n) is 6.61. The van der Waals surface area contributed by atoms with Gasteiger partial charge in [-0.1, -0.05) is 49.4 Å². The number of rotatable bonds is 11. The molecule has 6 nitrogen and oxygen atoms in total. The predicted molar refractivity (Wildman–Crippen MR) is 115 cm³/mol. The zero-order chi connectivity index (χ0) is 21.3. The van der Waals surface area contributed by atoms with Gasteiger partial charge in [0, 0.05) is 30.6 Å². The summed E-state index contributed by atoms with van der Waals surface area (Å²) in [7, 11) is -3.43. The number of carbonyl (C=O) groups excluding carboxylic acids is 2. The summed E-state index contributed by atoms with van der Waals surface area (Å²) in [6, 6.07) is 14.0. The van der Waals surface area contributed by atoms with E-state index < -0.39 is 10.0 Å². The summed E-state index contributed by atoms with van der Waals surface area (Å²) < 4.78 is 26.1. The molecule has 0 heterocycles. The summed E-state index contributed by atoms with van der Waals surface area (Å²) in [6.07, 6.45) is 2.59. The van der Waals surface area contributed by atoms with Crippen LogP contribution in [0.15, 0.2) is 61.2 Å². The molecule has 0 fully saturated rings. The molecule has 2 N–H and O–H groups in total. The van der Waals surface area contributed by atoms with Gasteiger partial charge in [0.25, 0.3) is 0 Å². The van der Waals surface area contributed by atoms with Crippen molar-refractivity contribution in [2.45, 2.75) is 31.9 Å². The Bertz CT molecular complexity index is 949. The predicted octanol–water partition coefficient (Wildman–Crippen LogP) is 3.46. The molecule has 0 atom stereocenters. The Morgan fingerprint density at radius 2 is 1.59 bits per heavy atom. The number of sulfonamides is 1. The first kappa shape index (κ1) is 22.5. The molecule has 0 aliphatic rings. The number of ketones is 1. The Labute approximate surface area is 172 Å². The lowest BCUT2D eigenvalue weighted by molar-refractivity contribution is -0.116. The summed E-state index contributed by atoms with van der Waals surface area (Å²) in [5, 5.41) is 2.72. The van der Waals surface area contributed by atoms with E-state index in [1.807, 2.05) is 19.1 Å². The van der Waals surface area contributed by atoms with Crippen LogP contribution in [0.1, 0.15) is 41.3 Å². The highest BCUT2D eigenvalue weighted by Crippen LogP contribution is 2.13. The molecule has 0 bridgehead atoms. The van der Waals surface area contributed by atoms with E-state index in [-0.39, 0.29) is 36.8 Å². The van der Waals surface area contributed by atoms with E-state index >= 15 is 0 Å². The normalized spacial score (nSPS) is 11.1. The van der Waals surface area contributed by atoms with Gasteiger partial charge in [0.05, 0.1) is 5.75 Å². The van der Waals surface area contributed by atoms with Gasteiger partial charge in [-0.2, -0.15) is 0 Å². The number of nitrogens with one attached hydrogen (secondary N) is 2. The van der Waals surface area contributed by atoms with E-state index in [4.69, 9.17) is 0 Å². The average molecular weight is 415 g/mol. The molecule has 1 amide bonds. The monoisotopic (exact) mass is 414 g/mol. The first-order chi connectivity index (χ1) is 13.8. The lowest BCUT2D eigenvalue weighted by Crippen LogP contribution is -2.25. The third kappa shape index (κ3) is 7.63. The van der Waals surface area contributed by atoms with Crippen LogP contribution in [0.2, 0.25) is 0 Å². The first-order valence-electron chi connectivity index (χ1n) is 9.42. The molecule has 0 aromatic heterocycles. The van der Waals surface area contributed by atoms with Crippen molar-refractivity contribution in [3.05, 3.63) is 77.9 Å². The van der Waals surface area contributed by atoms with Crippen molar-refractivity contribution in [3.8, 4) is 0 Å². The van der Waals surface area contributed by atoms with Crippen molar-refractivity contribution in [1.82, 2.24) is 4.72 Å². The zero-order valence-electron chi connectivity index (χ0n) is 16.5. The van der Waals surface area contributed by atoms with Crippen molar-refractivity contribution in [1.29, 1.82) is 0 Å². The summed E-state index contributed by atoms with van der Waals surface area (Å²) >= 11 is 0. The Morgan fingerprint density at radius 3 is 2.17 bits per heavy atom. The van der Waals surface area contributed by atoms with Gasteiger partial charge in [-0.3, -0.25) is 9.59 Å². The van der Waals surface area contributed by atoms with E-state index in [1.165, 1.54) is 6.08 Å². The van der Waals surface area contributed by atoms with E-state index in [0.29, 0.717) is 16.8 Å². The van der Waals surface area contributed by atoms with E-state index in [0.717, 1.165) is 12.0 Å². The van der Waals surface area contributed by atoms with Crippen molar-refractivity contribution in [2.24, 2.45) is 0 Å². The van der Waals surface area contributed by atoms with Crippen molar-refractivity contribution >= 4 is 27.4 Å². The molecule has 2 rings (SSSR count). The topological polar surface area (TPSA) is 92.3 Å². The van der Waals surface area contributed by atoms with Crippen molar-refractivity contribution in [2.75, 3.05) is 11.9 Å². The molecule has 2 aromatic rings. The van der Waals surface area contributed by atoms with Gasteiger partial charge < -0.3 is 5.32 Å². The number of anilines is 1. The second kappa shape index (κ2) is 10.7. The molecule has 154 valence electrons. The molecule has 0 saturated heterocycles. The molecular formula is C22H26N2O4S. The molecule has 0 aliphatic carbocycles. The molecule has 0 spiro atoms. The van der Waals surface area contributed by atoms with Gasteiger partial charge >= 0.3 is 0 Å². The summed E-state index contributed by atoms with van der Waals surface area (Å²) in [5.74, 6) is -0.493. The van der Waals surface area contributed by atoms with Gasteiger partial charge in [0.1, 0.15) is 0 Å². The smallest absolute Gasteiger partial charge is 0.224 e. The first-order valence-corrected chi connectivity index (χ1v) is 11.1. The standard InChI is InChI=1S/C22H26N2O4S/c1-3-15-23-29(27,28)16-18-7-11-20(12-8-18)24-22(26)14-13-21(25)19-9-5-17(4-2)6-10-19/h3,5-12,23H,1,4,13-16H2,2H3,(H,24,26). The van der Waals surface area contributed by atoms with Gasteiger partial charge in [-0.15, -0.1) is 6.58 Å². The lowest BCUT2D eigenvalue weighted by atomic mass is 10.0. The largest absolute Gasteiger partial charge is 0.326 e. The number of hydrogen-bond donors (Lipinski definition) is 2. The second-order valence-corrected chi connectivity index (χ2v) is 8.42. The minimum atomic E-state index is -3.43. The Morgan fingerprint density at radius 1 is 0.966 bits per heavy atom. The SMILES string of the molecule is C=CCNS(=O)(=O)Cc1ccc(NC(=O)CCC(=O)c2ccc(CC)cc2)cc1. The fraction of sp³-hybridized carbons (Fsp3) is 0.273. The van der Waals surface area contributed by atoms with Gasteiger partial charge in [0.15, 0.2) is 5.78 Å². The highest BCUT2D eigenvalue weighted by molar-refractivity contribution is 7.88. The Hall–Kier alpha value is -2.77. The quantitative estimate of drug-likeness (QED) is 0.435. The van der Waals surface area contributed by atoms with Crippen LogP contribution in [0.4, 0.5) is 5.69 Å². The van der Waals surface area contributed by atoms with Crippen LogP contribution in [0.3, 0.4) is 0 Å². The maximum atomic E-state index is 12.2. The number of benzene rings is 2. The summed E-state index contributed by atoms with van der Waals surface area (Å²) in [4.78, 5) is 24.3. The van der Waals surface area contributed by atoms with E-state index in [9.17, 15) is 18.0 Å². The molecular weight excluding hydrogens is 388 g/mol. The summed E-state index contributed by atoms with van der Waals surface area (Å²) in [5.41, 5.74) is 2.91. The fourth-order valence-electron chi connectivity index (χ4n) is 2.66. The number of amides is 1. The molecule has 0 saturated carbocycles. The molecule has 0 aliphatic heterocycles.